The van der Waals surface area contributed by atoms with E-state index in [4.69, 9.17) is 20.0 Å². The number of nitrogens with zero attached hydrogens (tertiary/aromatic N) is 12. The average molecular weight is 629 g/mol. The van der Waals surface area contributed by atoms with E-state index in [1.807, 2.05) is 126 Å². The maximum atomic E-state index is 5.23. The van der Waals surface area contributed by atoms with Crippen molar-refractivity contribution < 1.29 is 0 Å². The van der Waals surface area contributed by atoms with Gasteiger partial charge in [-0.15, -0.1) is 0 Å². The highest BCUT2D eigenvalue weighted by molar-refractivity contribution is 6.39. The first-order valence-electron chi connectivity index (χ1n) is 15.4. The Morgan fingerprint density at radius 2 is 0.562 bits per heavy atom. The molecule has 0 saturated heterocycles. The number of fused-ring (bicyclic) bond motifs is 4. The molecule has 0 N–H and O–H groups in total. The van der Waals surface area contributed by atoms with E-state index < -0.39 is 0 Å². The molecular formula is C36H28N12. The molecule has 12 heteroatoms. The van der Waals surface area contributed by atoms with Gasteiger partial charge in [-0.25, -0.2) is 20.0 Å². The number of rotatable bonds is 4. The zero-order valence-electron chi connectivity index (χ0n) is 26.6. The summed E-state index contributed by atoms with van der Waals surface area (Å²) in [5.74, 6) is 0. The molecule has 232 valence electrons. The lowest BCUT2D eigenvalue weighted by Crippen LogP contribution is -2.03. The zero-order chi connectivity index (χ0) is 32.5. The topological polar surface area (TPSA) is 121 Å². The maximum Gasteiger partial charge on any atom is 0.0739 e. The van der Waals surface area contributed by atoms with Crippen LogP contribution < -0.4 is 0 Å². The fraction of sp³-hybridized carbons (Fsp3) is 0.111. The van der Waals surface area contributed by atoms with Gasteiger partial charge in [0.15, 0.2) is 0 Å². The van der Waals surface area contributed by atoms with Crippen LogP contribution >= 0.6 is 0 Å². The Hall–Kier alpha value is -6.56. The summed E-state index contributed by atoms with van der Waals surface area (Å²) in [7, 11) is 7.63. The highest BCUT2D eigenvalue weighted by atomic mass is 15.3. The Bertz CT molecular complexity index is 2130. The fourth-order valence-electron chi connectivity index (χ4n) is 6.47. The van der Waals surface area contributed by atoms with Crippen LogP contribution in [-0.2, 0) is 28.2 Å². The minimum absolute atomic E-state index is 0.780. The van der Waals surface area contributed by atoms with Gasteiger partial charge in [-0.3, -0.25) is 18.7 Å². The Balaban J connectivity index is 1.37. The highest BCUT2D eigenvalue weighted by Crippen LogP contribution is 2.38. The molecule has 9 heterocycles. The van der Waals surface area contributed by atoms with Crippen LogP contribution in [0.4, 0.5) is 0 Å². The van der Waals surface area contributed by atoms with Gasteiger partial charge in [-0.1, -0.05) is 0 Å². The Labute approximate surface area is 275 Å². The van der Waals surface area contributed by atoms with Gasteiger partial charge in [0.05, 0.1) is 70.4 Å². The summed E-state index contributed by atoms with van der Waals surface area (Å²) >= 11 is 0. The number of hydrogen-bond acceptors (Lipinski definition) is 8. The van der Waals surface area contributed by atoms with Gasteiger partial charge in [0.25, 0.3) is 0 Å². The fourth-order valence-corrected chi connectivity index (χ4v) is 6.47. The number of aliphatic imine (C=N–C) groups is 4. The van der Waals surface area contributed by atoms with Crippen LogP contribution in [0.1, 0.15) is 22.3 Å². The van der Waals surface area contributed by atoms with Gasteiger partial charge < -0.3 is 0 Å². The minimum atomic E-state index is 0.780. The molecule has 4 aromatic rings. The number of aryl methyl sites for hydroxylation is 4. The predicted molar refractivity (Wildman–Crippen MR) is 187 cm³/mol. The Morgan fingerprint density at radius 3 is 0.750 bits per heavy atom. The van der Waals surface area contributed by atoms with Gasteiger partial charge in [0, 0.05) is 97.5 Å². The molecule has 0 spiro atoms. The molecule has 5 aliphatic heterocycles. The van der Waals surface area contributed by atoms with Gasteiger partial charge in [0.1, 0.15) is 0 Å². The summed E-state index contributed by atoms with van der Waals surface area (Å²) in [4.78, 5) is 20.9. The molecule has 9 rings (SSSR count). The molecule has 4 aromatic heterocycles. The van der Waals surface area contributed by atoms with E-state index in [0.29, 0.717) is 0 Å². The molecule has 12 nitrogen and oxygen atoms in total. The van der Waals surface area contributed by atoms with Crippen LogP contribution in [0, 0.1) is 0 Å². The first-order valence-corrected chi connectivity index (χ1v) is 15.4. The second-order valence-corrected chi connectivity index (χ2v) is 12.0. The molecule has 0 amide bonds. The van der Waals surface area contributed by atoms with Gasteiger partial charge >= 0.3 is 0 Å². The van der Waals surface area contributed by atoms with Gasteiger partial charge in [-0.2, -0.15) is 20.4 Å². The third kappa shape index (κ3) is 4.53. The molecule has 0 fully saturated rings. The second-order valence-electron chi connectivity index (χ2n) is 12.0. The quantitative estimate of drug-likeness (QED) is 0.328. The van der Waals surface area contributed by atoms with Crippen molar-refractivity contribution in [2.75, 3.05) is 0 Å². The van der Waals surface area contributed by atoms with E-state index in [1.165, 1.54) is 0 Å². The third-order valence-corrected chi connectivity index (χ3v) is 8.58. The monoisotopic (exact) mass is 628 g/mol. The minimum Gasteiger partial charge on any atom is -0.275 e. The van der Waals surface area contributed by atoms with Crippen molar-refractivity contribution >= 4 is 45.1 Å². The lowest BCUT2D eigenvalue weighted by atomic mass is 10.0. The van der Waals surface area contributed by atoms with Crippen molar-refractivity contribution in [1.29, 1.82) is 0 Å². The third-order valence-electron chi connectivity index (χ3n) is 8.58. The van der Waals surface area contributed by atoms with E-state index in [2.05, 4.69) is 20.4 Å². The van der Waals surface area contributed by atoms with Gasteiger partial charge in [-0.05, 0) is 48.6 Å². The normalized spacial score (nSPS) is 18.2. The van der Waals surface area contributed by atoms with Crippen molar-refractivity contribution in [2.24, 2.45) is 48.2 Å². The van der Waals surface area contributed by atoms with Crippen LogP contribution in [0.25, 0.3) is 22.3 Å². The molecule has 0 atom stereocenters. The Morgan fingerprint density at radius 1 is 0.333 bits per heavy atom. The molecule has 0 saturated carbocycles. The van der Waals surface area contributed by atoms with Crippen molar-refractivity contribution in [1.82, 2.24) is 39.1 Å². The van der Waals surface area contributed by atoms with Crippen molar-refractivity contribution in [3.05, 3.63) is 143 Å². The van der Waals surface area contributed by atoms with Crippen LogP contribution in [0.5, 0.6) is 0 Å². The lowest BCUT2D eigenvalue weighted by molar-refractivity contribution is 0.767. The highest BCUT2D eigenvalue weighted by Gasteiger charge is 2.28. The van der Waals surface area contributed by atoms with E-state index in [0.717, 1.165) is 90.2 Å². The summed E-state index contributed by atoms with van der Waals surface area (Å²) in [6.45, 7) is 0. The molecule has 0 unspecified atom stereocenters. The first-order chi connectivity index (χ1) is 23.4. The summed E-state index contributed by atoms with van der Waals surface area (Å²) in [6, 6.07) is 0. The zero-order valence-corrected chi connectivity index (χ0v) is 26.6. The van der Waals surface area contributed by atoms with E-state index in [9.17, 15) is 0 Å². The smallest absolute Gasteiger partial charge is 0.0739 e. The standard InChI is InChI=1S/C36H28N12/c1-45-17-21(13-37-45)33-25-5-7-27(41-25)34(22-14-38-46(2)18-22)29-9-11-31(43-29)36(24-16-40-48(4)20-24)32-12-10-30(44-32)35(23-15-39-47(3)19-23)28-8-6-26(33)42-28/h5-20H,1-4H3. The van der Waals surface area contributed by atoms with Crippen LogP contribution in [-0.4, -0.2) is 62.0 Å². The molecule has 8 bridgehead atoms. The Kier molecular flexibility index (Phi) is 6.06. The summed E-state index contributed by atoms with van der Waals surface area (Å²) < 4.78 is 7.15. The van der Waals surface area contributed by atoms with Crippen LogP contribution in [0.2, 0.25) is 0 Å². The predicted octanol–water partition coefficient (Wildman–Crippen LogP) is 4.62. The number of allylic oxidation sites excluding steroid dienone is 12. The number of hydrogen-bond donors (Lipinski definition) is 0. The molecule has 0 aromatic carbocycles. The van der Waals surface area contributed by atoms with E-state index >= 15 is 0 Å². The SMILES string of the molecule is Cn1cc(C2=C3C=CC(=N3)C(c3cnn(C)c3)=C3C=CC(=N3)C(c3cnn(C)c3)=C3C=CC(=N3)C(c3cnn(C)c3)=C3C=CC2=N3)cn1. The summed E-state index contributed by atoms with van der Waals surface area (Å²) in [6.07, 6.45) is 31.6. The van der Waals surface area contributed by atoms with E-state index in [-0.39, 0.29) is 0 Å². The summed E-state index contributed by atoms with van der Waals surface area (Å²) in [5.41, 5.74) is 13.4. The first kappa shape index (κ1) is 27.7. The van der Waals surface area contributed by atoms with Crippen LogP contribution in [0.3, 0.4) is 0 Å². The second kappa shape index (κ2) is 10.5. The largest absolute Gasteiger partial charge is 0.275 e. The molecule has 0 radical (unpaired) electrons. The molecular weight excluding hydrogens is 600 g/mol. The molecule has 5 aliphatic rings. The van der Waals surface area contributed by atoms with Crippen molar-refractivity contribution in [3.63, 3.8) is 0 Å². The van der Waals surface area contributed by atoms with Crippen molar-refractivity contribution in [2.45, 2.75) is 0 Å². The van der Waals surface area contributed by atoms with Crippen LogP contribution in [0.15, 0.2) is 141 Å². The molecule has 48 heavy (non-hydrogen) atoms. The maximum absolute atomic E-state index is 5.23. The molecule has 0 aliphatic carbocycles. The number of aromatic nitrogens is 8. The van der Waals surface area contributed by atoms with Crippen molar-refractivity contribution in [3.8, 4) is 0 Å². The average Bonchev–Trinajstić information content (AvgIpc) is 3.89. The van der Waals surface area contributed by atoms with E-state index in [1.54, 1.807) is 18.7 Å². The lowest BCUT2D eigenvalue weighted by Gasteiger charge is -2.10. The summed E-state index contributed by atoms with van der Waals surface area (Å²) in [5, 5.41) is 17.9. The van der Waals surface area contributed by atoms with Gasteiger partial charge in [0.2, 0.25) is 0 Å².